The van der Waals surface area contributed by atoms with Crippen molar-refractivity contribution in [2.45, 2.75) is 52.4 Å². The average Bonchev–Trinajstić information content (AvgIpc) is 2.73. The number of nitrogens with one attached hydrogen (secondary N) is 4. The summed E-state index contributed by atoms with van der Waals surface area (Å²) in [4.78, 5) is 36.0. The van der Waals surface area contributed by atoms with Gasteiger partial charge in [0, 0.05) is 35.6 Å². The Bertz CT molecular complexity index is 883. The summed E-state index contributed by atoms with van der Waals surface area (Å²) in [6, 6.07) is 14.3. The lowest BCUT2D eigenvalue weighted by Gasteiger charge is -2.11. The minimum Gasteiger partial charge on any atom is -0.376 e. The standard InChI is InChI=1S/C24H32N4O3/c1-3-5-6-14-23(30)27-19-11-7-10-18(15-19)25-17-24(31)28-21-13-8-12-20(16-21)26-22(29)9-4-2/h7-8,10-13,15-16,25H,3-6,9,14,17H2,1-2H3,(H,26,29)(H,27,30)(H,28,31). The minimum absolute atomic E-state index is 0.00532. The molecule has 0 aliphatic carbocycles. The molecule has 0 aromatic heterocycles. The molecule has 0 spiro atoms. The third kappa shape index (κ3) is 9.33. The van der Waals surface area contributed by atoms with Crippen molar-refractivity contribution in [1.29, 1.82) is 0 Å². The zero-order valence-electron chi connectivity index (χ0n) is 18.3. The highest BCUT2D eigenvalue weighted by Crippen LogP contribution is 2.17. The molecule has 7 nitrogen and oxygen atoms in total. The third-order valence-electron chi connectivity index (χ3n) is 4.51. The Morgan fingerprint density at radius 1 is 0.645 bits per heavy atom. The van der Waals surface area contributed by atoms with E-state index in [9.17, 15) is 14.4 Å². The summed E-state index contributed by atoms with van der Waals surface area (Å²) >= 11 is 0. The van der Waals surface area contributed by atoms with Gasteiger partial charge in [0.2, 0.25) is 17.7 Å². The molecule has 0 bridgehead atoms. The fourth-order valence-corrected chi connectivity index (χ4v) is 2.98. The summed E-state index contributed by atoms with van der Waals surface area (Å²) in [5.74, 6) is -0.273. The number of carbonyl (C=O) groups is 3. The number of unbranched alkanes of at least 4 members (excludes halogenated alkanes) is 2. The van der Waals surface area contributed by atoms with Crippen LogP contribution in [-0.2, 0) is 14.4 Å². The van der Waals surface area contributed by atoms with E-state index in [2.05, 4.69) is 28.2 Å². The molecule has 4 N–H and O–H groups in total. The first-order valence-electron chi connectivity index (χ1n) is 10.8. The molecular weight excluding hydrogens is 392 g/mol. The highest BCUT2D eigenvalue weighted by atomic mass is 16.2. The van der Waals surface area contributed by atoms with Crippen LogP contribution in [0.1, 0.15) is 52.4 Å². The van der Waals surface area contributed by atoms with Crippen LogP contribution in [0.2, 0.25) is 0 Å². The van der Waals surface area contributed by atoms with Crippen molar-refractivity contribution >= 4 is 40.5 Å². The summed E-state index contributed by atoms with van der Waals surface area (Å²) in [7, 11) is 0. The summed E-state index contributed by atoms with van der Waals surface area (Å²) in [6.07, 6.45) is 4.73. The van der Waals surface area contributed by atoms with Gasteiger partial charge in [0.15, 0.2) is 0 Å². The molecule has 0 aliphatic heterocycles. The van der Waals surface area contributed by atoms with Gasteiger partial charge >= 0.3 is 0 Å². The van der Waals surface area contributed by atoms with E-state index in [1.54, 1.807) is 30.3 Å². The van der Waals surface area contributed by atoms with E-state index in [1.807, 2.05) is 25.1 Å². The fraction of sp³-hybridized carbons (Fsp3) is 0.375. The minimum atomic E-state index is -0.217. The van der Waals surface area contributed by atoms with Gasteiger partial charge in [-0.25, -0.2) is 0 Å². The molecule has 2 aromatic carbocycles. The van der Waals surface area contributed by atoms with Crippen molar-refractivity contribution in [2.75, 3.05) is 27.8 Å². The van der Waals surface area contributed by atoms with Crippen LogP contribution in [0.5, 0.6) is 0 Å². The largest absolute Gasteiger partial charge is 0.376 e. The molecule has 2 rings (SSSR count). The first-order chi connectivity index (χ1) is 15.0. The Morgan fingerprint density at radius 2 is 1.16 bits per heavy atom. The number of benzene rings is 2. The number of rotatable bonds is 12. The van der Waals surface area contributed by atoms with Gasteiger partial charge in [0.25, 0.3) is 0 Å². The summed E-state index contributed by atoms with van der Waals surface area (Å²) < 4.78 is 0. The van der Waals surface area contributed by atoms with Crippen LogP contribution < -0.4 is 21.3 Å². The fourth-order valence-electron chi connectivity index (χ4n) is 2.98. The molecule has 166 valence electrons. The van der Waals surface area contributed by atoms with E-state index in [0.29, 0.717) is 29.9 Å². The maximum absolute atomic E-state index is 12.3. The lowest BCUT2D eigenvalue weighted by Crippen LogP contribution is -2.22. The second kappa shape index (κ2) is 13.1. The summed E-state index contributed by atoms with van der Waals surface area (Å²) in [5, 5.41) is 11.6. The van der Waals surface area contributed by atoms with Gasteiger partial charge in [-0.05, 0) is 49.2 Å². The number of amides is 3. The molecule has 0 atom stereocenters. The average molecular weight is 425 g/mol. The van der Waals surface area contributed by atoms with E-state index in [-0.39, 0.29) is 24.3 Å². The second-order valence-electron chi connectivity index (χ2n) is 7.37. The van der Waals surface area contributed by atoms with Gasteiger partial charge < -0.3 is 21.3 Å². The third-order valence-corrected chi connectivity index (χ3v) is 4.51. The van der Waals surface area contributed by atoms with Gasteiger partial charge in [0.05, 0.1) is 6.54 Å². The number of anilines is 4. The van der Waals surface area contributed by atoms with Crippen molar-refractivity contribution in [3.63, 3.8) is 0 Å². The van der Waals surface area contributed by atoms with Gasteiger partial charge in [-0.3, -0.25) is 14.4 Å². The predicted octanol–water partition coefficient (Wildman–Crippen LogP) is 4.99. The first-order valence-corrected chi connectivity index (χ1v) is 10.8. The lowest BCUT2D eigenvalue weighted by atomic mass is 10.2. The topological polar surface area (TPSA) is 99.3 Å². The zero-order chi connectivity index (χ0) is 22.5. The van der Waals surface area contributed by atoms with Gasteiger partial charge in [-0.1, -0.05) is 38.8 Å². The predicted molar refractivity (Wildman–Crippen MR) is 126 cm³/mol. The number of carbonyl (C=O) groups excluding carboxylic acids is 3. The van der Waals surface area contributed by atoms with E-state index < -0.39 is 0 Å². The maximum Gasteiger partial charge on any atom is 0.243 e. The Labute approximate surface area is 184 Å². The van der Waals surface area contributed by atoms with E-state index in [1.165, 1.54) is 0 Å². The van der Waals surface area contributed by atoms with Gasteiger partial charge in [-0.15, -0.1) is 0 Å². The Hall–Kier alpha value is -3.35. The molecule has 0 heterocycles. The maximum atomic E-state index is 12.3. The van der Waals surface area contributed by atoms with Crippen molar-refractivity contribution in [3.05, 3.63) is 48.5 Å². The van der Waals surface area contributed by atoms with Crippen molar-refractivity contribution in [2.24, 2.45) is 0 Å². The molecule has 2 aromatic rings. The van der Waals surface area contributed by atoms with E-state index >= 15 is 0 Å². The molecular formula is C24H32N4O3. The van der Waals surface area contributed by atoms with Crippen LogP contribution in [0.4, 0.5) is 22.7 Å². The smallest absolute Gasteiger partial charge is 0.243 e. The van der Waals surface area contributed by atoms with E-state index in [0.717, 1.165) is 31.4 Å². The number of hydrogen-bond acceptors (Lipinski definition) is 4. The Morgan fingerprint density at radius 3 is 1.74 bits per heavy atom. The summed E-state index contributed by atoms with van der Waals surface area (Å²) in [5.41, 5.74) is 2.69. The quantitative estimate of drug-likeness (QED) is 0.361. The van der Waals surface area contributed by atoms with Crippen LogP contribution in [-0.4, -0.2) is 24.3 Å². The van der Waals surface area contributed by atoms with Crippen LogP contribution >= 0.6 is 0 Å². The molecule has 3 amide bonds. The lowest BCUT2D eigenvalue weighted by molar-refractivity contribution is -0.117. The van der Waals surface area contributed by atoms with Crippen LogP contribution in [0, 0.1) is 0 Å². The molecule has 0 saturated carbocycles. The molecule has 0 radical (unpaired) electrons. The highest BCUT2D eigenvalue weighted by molar-refractivity contribution is 5.96. The van der Waals surface area contributed by atoms with Crippen molar-refractivity contribution in [3.8, 4) is 0 Å². The molecule has 31 heavy (non-hydrogen) atoms. The Balaban J connectivity index is 1.83. The SMILES string of the molecule is CCCCCC(=O)Nc1cccc(NCC(=O)Nc2cccc(NC(=O)CCC)c2)c1. The van der Waals surface area contributed by atoms with Crippen molar-refractivity contribution < 1.29 is 14.4 Å². The second-order valence-corrected chi connectivity index (χ2v) is 7.37. The van der Waals surface area contributed by atoms with Gasteiger partial charge in [0.1, 0.15) is 0 Å². The molecule has 0 saturated heterocycles. The normalized spacial score (nSPS) is 10.3. The van der Waals surface area contributed by atoms with Crippen LogP contribution in [0.3, 0.4) is 0 Å². The molecule has 0 unspecified atom stereocenters. The molecule has 0 aliphatic rings. The first kappa shape index (κ1) is 23.9. The molecule has 0 fully saturated rings. The van der Waals surface area contributed by atoms with E-state index in [4.69, 9.17) is 0 Å². The van der Waals surface area contributed by atoms with Gasteiger partial charge in [-0.2, -0.15) is 0 Å². The number of hydrogen-bond donors (Lipinski definition) is 4. The highest BCUT2D eigenvalue weighted by Gasteiger charge is 2.06. The van der Waals surface area contributed by atoms with Crippen LogP contribution in [0.15, 0.2) is 48.5 Å². The molecule has 7 heteroatoms. The monoisotopic (exact) mass is 424 g/mol. The van der Waals surface area contributed by atoms with Crippen LogP contribution in [0.25, 0.3) is 0 Å². The zero-order valence-corrected chi connectivity index (χ0v) is 18.3. The Kier molecular flexibility index (Phi) is 10.1. The summed E-state index contributed by atoms with van der Waals surface area (Å²) in [6.45, 7) is 4.12. The van der Waals surface area contributed by atoms with Crippen molar-refractivity contribution in [1.82, 2.24) is 0 Å².